The van der Waals surface area contributed by atoms with Crippen LogP contribution >= 0.6 is 11.6 Å². The van der Waals surface area contributed by atoms with E-state index < -0.39 is 0 Å². The maximum atomic E-state index is 12.9. The maximum Gasteiger partial charge on any atom is 0.252 e. The Morgan fingerprint density at radius 3 is 2.61 bits per heavy atom. The van der Waals surface area contributed by atoms with E-state index >= 15 is 0 Å². The van der Waals surface area contributed by atoms with Gasteiger partial charge in [0.1, 0.15) is 6.54 Å². The highest BCUT2D eigenvalue weighted by atomic mass is 35.5. The smallest absolute Gasteiger partial charge is 0.252 e. The highest BCUT2D eigenvalue weighted by Gasteiger charge is 2.24. The minimum absolute atomic E-state index is 0.00727. The van der Waals surface area contributed by atoms with Crippen molar-refractivity contribution in [3.8, 4) is 0 Å². The Bertz CT molecular complexity index is 979. The van der Waals surface area contributed by atoms with Gasteiger partial charge in [-0.15, -0.1) is 0 Å². The average molecular weight is 395 g/mol. The number of amides is 1. The van der Waals surface area contributed by atoms with Gasteiger partial charge in [0, 0.05) is 40.5 Å². The summed E-state index contributed by atoms with van der Waals surface area (Å²) in [5.74, 6) is 0.00727. The second kappa shape index (κ2) is 8.29. The van der Waals surface area contributed by atoms with Crippen LogP contribution in [-0.2, 0) is 6.54 Å². The molecule has 1 fully saturated rings. The topological polar surface area (TPSA) is 46.4 Å². The van der Waals surface area contributed by atoms with E-state index in [0.717, 1.165) is 59.7 Å². The lowest BCUT2D eigenvalue weighted by Crippen LogP contribution is -3.12. The maximum absolute atomic E-state index is 12.9. The number of nitrogens with zero attached hydrogens (tertiary/aromatic N) is 1. The fraction of sp³-hybridized carbons (Fsp3) is 0.304. The number of nitrogens with one attached hydrogen (secondary N) is 2. The number of quaternary nitrogens is 1. The number of aromatic nitrogens is 1. The van der Waals surface area contributed by atoms with Gasteiger partial charge in [-0.25, -0.2) is 0 Å². The van der Waals surface area contributed by atoms with Crippen molar-refractivity contribution in [1.29, 1.82) is 0 Å². The first-order valence-corrected chi connectivity index (χ1v) is 10.2. The average Bonchev–Trinajstić information content (AvgIpc) is 2.70. The van der Waals surface area contributed by atoms with Crippen LogP contribution in [0.4, 0.5) is 0 Å². The van der Waals surface area contributed by atoms with Gasteiger partial charge in [-0.1, -0.05) is 41.9 Å². The van der Waals surface area contributed by atoms with Crippen LogP contribution < -0.4 is 10.2 Å². The molecule has 0 spiro atoms. The zero-order chi connectivity index (χ0) is 19.5. The van der Waals surface area contributed by atoms with E-state index in [1.807, 2.05) is 49.4 Å². The summed E-state index contributed by atoms with van der Waals surface area (Å²) in [6.45, 7) is 5.06. The Kier molecular flexibility index (Phi) is 5.60. The van der Waals surface area contributed by atoms with Crippen LogP contribution in [0.15, 0.2) is 54.6 Å². The number of para-hydroxylation sites is 1. The number of carbonyl (C=O) groups excluding carboxylic acids is 1. The fourth-order valence-corrected chi connectivity index (χ4v) is 4.12. The molecular formula is C23H25ClN3O+. The number of rotatable bonds is 4. The molecule has 1 aliphatic rings. The predicted octanol–water partition coefficient (Wildman–Crippen LogP) is 3.17. The number of pyridine rings is 1. The van der Waals surface area contributed by atoms with E-state index in [4.69, 9.17) is 11.6 Å². The largest absolute Gasteiger partial charge is 0.349 e. The minimum Gasteiger partial charge on any atom is -0.349 e. The monoisotopic (exact) mass is 394 g/mol. The van der Waals surface area contributed by atoms with Crippen molar-refractivity contribution in [3.05, 3.63) is 76.4 Å². The summed E-state index contributed by atoms with van der Waals surface area (Å²) in [4.78, 5) is 19.0. The molecule has 2 N–H and O–H groups in total. The van der Waals surface area contributed by atoms with E-state index in [0.29, 0.717) is 0 Å². The third-order valence-corrected chi connectivity index (χ3v) is 5.74. The molecule has 0 aliphatic carbocycles. The first kappa shape index (κ1) is 18.9. The summed E-state index contributed by atoms with van der Waals surface area (Å²) in [7, 11) is 0. The van der Waals surface area contributed by atoms with E-state index in [1.165, 1.54) is 5.56 Å². The van der Waals surface area contributed by atoms with Gasteiger partial charge in [0.2, 0.25) is 0 Å². The van der Waals surface area contributed by atoms with Gasteiger partial charge in [0.05, 0.1) is 24.2 Å². The van der Waals surface area contributed by atoms with Crippen molar-refractivity contribution in [2.24, 2.45) is 0 Å². The van der Waals surface area contributed by atoms with E-state index in [-0.39, 0.29) is 11.9 Å². The molecule has 4 nitrogen and oxygen atoms in total. The third-order valence-electron chi connectivity index (χ3n) is 5.48. The van der Waals surface area contributed by atoms with Crippen molar-refractivity contribution in [3.63, 3.8) is 0 Å². The summed E-state index contributed by atoms with van der Waals surface area (Å²) in [6, 6.07) is 18.0. The molecule has 0 unspecified atom stereocenters. The number of aryl methyl sites for hydroxylation is 1. The first-order chi connectivity index (χ1) is 13.6. The summed E-state index contributed by atoms with van der Waals surface area (Å²) in [5, 5.41) is 4.94. The molecule has 1 aliphatic heterocycles. The Morgan fingerprint density at radius 2 is 1.86 bits per heavy atom. The van der Waals surface area contributed by atoms with Gasteiger partial charge in [-0.2, -0.15) is 0 Å². The lowest BCUT2D eigenvalue weighted by molar-refractivity contribution is -0.918. The van der Waals surface area contributed by atoms with E-state index in [9.17, 15) is 4.79 Å². The number of hydrogen-bond acceptors (Lipinski definition) is 2. The quantitative estimate of drug-likeness (QED) is 0.714. The molecule has 2 aromatic carbocycles. The summed E-state index contributed by atoms with van der Waals surface area (Å²) in [5.41, 5.74) is 3.76. The Hall–Kier alpha value is -2.43. The highest BCUT2D eigenvalue weighted by Crippen LogP contribution is 2.18. The minimum atomic E-state index is 0.00727. The number of piperidine rings is 1. The van der Waals surface area contributed by atoms with Gasteiger partial charge < -0.3 is 10.2 Å². The normalized spacial score (nSPS) is 19.5. The number of halogens is 1. The number of carbonyl (C=O) groups is 1. The summed E-state index contributed by atoms with van der Waals surface area (Å²) in [6.07, 6.45) is 1.99. The van der Waals surface area contributed by atoms with Crippen LogP contribution in [0.1, 0.15) is 34.5 Å². The zero-order valence-corrected chi connectivity index (χ0v) is 16.8. The number of benzene rings is 2. The van der Waals surface area contributed by atoms with Crippen LogP contribution in [0, 0.1) is 6.92 Å². The molecule has 144 valence electrons. The molecule has 0 radical (unpaired) electrons. The van der Waals surface area contributed by atoms with Gasteiger partial charge in [-0.3, -0.25) is 9.78 Å². The molecule has 4 rings (SSSR count). The molecule has 1 aromatic heterocycles. The van der Waals surface area contributed by atoms with Crippen molar-refractivity contribution in [2.45, 2.75) is 32.4 Å². The lowest BCUT2D eigenvalue weighted by Gasteiger charge is -2.30. The second-order valence-electron chi connectivity index (χ2n) is 7.63. The van der Waals surface area contributed by atoms with Crippen LogP contribution in [0.25, 0.3) is 10.9 Å². The summed E-state index contributed by atoms with van der Waals surface area (Å²) < 4.78 is 0. The molecule has 0 saturated carbocycles. The van der Waals surface area contributed by atoms with E-state index in [1.54, 1.807) is 4.90 Å². The predicted molar refractivity (Wildman–Crippen MR) is 113 cm³/mol. The van der Waals surface area contributed by atoms with Crippen LogP contribution in [0.2, 0.25) is 5.02 Å². The van der Waals surface area contributed by atoms with Crippen molar-refractivity contribution in [1.82, 2.24) is 10.3 Å². The van der Waals surface area contributed by atoms with Crippen molar-refractivity contribution < 1.29 is 9.69 Å². The Labute approximate surface area is 170 Å². The molecular weight excluding hydrogens is 370 g/mol. The first-order valence-electron chi connectivity index (χ1n) is 9.84. The van der Waals surface area contributed by atoms with Gasteiger partial charge in [0.15, 0.2) is 0 Å². The molecule has 2 heterocycles. The number of hydrogen-bond donors (Lipinski definition) is 2. The molecule has 3 aromatic rings. The van der Waals surface area contributed by atoms with Crippen LogP contribution in [-0.4, -0.2) is 30.0 Å². The third kappa shape index (κ3) is 4.34. The van der Waals surface area contributed by atoms with Crippen LogP contribution in [0.3, 0.4) is 0 Å². The molecule has 1 saturated heterocycles. The standard InChI is InChI=1S/C23H24ClN3O/c1-16-14-21(20-4-2-3-5-22(20)25-16)23(28)26-19-10-12-27(13-11-19)15-17-6-8-18(24)9-7-17/h2-9,14,19H,10-13,15H2,1H3,(H,26,28)/p+1. The Morgan fingerprint density at radius 1 is 1.14 bits per heavy atom. The number of fused-ring (bicyclic) bond motifs is 1. The van der Waals surface area contributed by atoms with Gasteiger partial charge in [0.25, 0.3) is 5.91 Å². The van der Waals surface area contributed by atoms with Crippen molar-refractivity contribution in [2.75, 3.05) is 13.1 Å². The Balaban J connectivity index is 1.37. The van der Waals surface area contributed by atoms with Gasteiger partial charge >= 0.3 is 0 Å². The van der Waals surface area contributed by atoms with Crippen LogP contribution in [0.5, 0.6) is 0 Å². The van der Waals surface area contributed by atoms with Crippen molar-refractivity contribution >= 4 is 28.4 Å². The highest BCUT2D eigenvalue weighted by molar-refractivity contribution is 6.30. The molecule has 28 heavy (non-hydrogen) atoms. The zero-order valence-electron chi connectivity index (χ0n) is 16.0. The second-order valence-corrected chi connectivity index (χ2v) is 8.07. The SMILES string of the molecule is Cc1cc(C(=O)NC2CC[NH+](Cc3ccc(Cl)cc3)CC2)c2ccccc2n1. The van der Waals surface area contributed by atoms with Gasteiger partial charge in [-0.05, 0) is 31.2 Å². The fourth-order valence-electron chi connectivity index (χ4n) is 4.00. The number of likely N-dealkylation sites (tertiary alicyclic amines) is 1. The molecule has 0 atom stereocenters. The molecule has 1 amide bonds. The molecule has 5 heteroatoms. The summed E-state index contributed by atoms with van der Waals surface area (Å²) >= 11 is 5.97. The van der Waals surface area contributed by atoms with E-state index in [2.05, 4.69) is 22.4 Å². The lowest BCUT2D eigenvalue weighted by atomic mass is 10.0. The molecule has 0 bridgehead atoms.